The van der Waals surface area contributed by atoms with E-state index in [4.69, 9.17) is 10.7 Å². The maximum absolute atomic E-state index is 5.58. The van der Waals surface area contributed by atoms with Gasteiger partial charge in [0.15, 0.2) is 0 Å². The van der Waals surface area contributed by atoms with Crippen molar-refractivity contribution in [3.05, 3.63) is 16.1 Å². The quantitative estimate of drug-likeness (QED) is 0.890. The van der Waals surface area contributed by atoms with Gasteiger partial charge in [-0.3, -0.25) is 4.90 Å². The Balaban J connectivity index is 1.98. The number of likely N-dealkylation sites (N-methyl/N-ethyl adjacent to an activating group) is 1. The monoisotopic (exact) mass is 282 g/mol. The summed E-state index contributed by atoms with van der Waals surface area (Å²) in [6.45, 7) is 7.55. The lowest BCUT2D eigenvalue weighted by molar-refractivity contribution is 0.174. The van der Waals surface area contributed by atoms with Crippen molar-refractivity contribution in [2.24, 2.45) is 5.73 Å². The van der Waals surface area contributed by atoms with E-state index < -0.39 is 0 Å². The van der Waals surface area contributed by atoms with Crippen molar-refractivity contribution in [1.82, 2.24) is 14.8 Å². The number of nitrogens with two attached hydrogens (primary N) is 1. The lowest BCUT2D eigenvalue weighted by atomic mass is 10.2. The van der Waals surface area contributed by atoms with Crippen molar-refractivity contribution in [2.45, 2.75) is 38.8 Å². The molecule has 2 N–H and O–H groups in total. The van der Waals surface area contributed by atoms with Crippen molar-refractivity contribution in [3.8, 4) is 0 Å². The molecule has 108 valence electrons. The fourth-order valence-electron chi connectivity index (χ4n) is 2.76. The van der Waals surface area contributed by atoms with E-state index in [-0.39, 0.29) is 0 Å². The van der Waals surface area contributed by atoms with Crippen molar-refractivity contribution in [1.29, 1.82) is 0 Å². The predicted molar refractivity (Wildman–Crippen MR) is 81.5 cm³/mol. The highest BCUT2D eigenvalue weighted by atomic mass is 32.1. The van der Waals surface area contributed by atoms with E-state index in [2.05, 4.69) is 29.2 Å². The first-order chi connectivity index (χ1) is 9.22. The van der Waals surface area contributed by atoms with Crippen molar-refractivity contribution in [3.63, 3.8) is 0 Å². The standard InChI is InChI=1S/C14H26N4S/c1-3-13-10-17(2)7-4-8-18(13)9-12-11-19-14(16-12)5-6-15/h11,13H,3-10,15H2,1-2H3. The minimum absolute atomic E-state index is 0.659. The van der Waals surface area contributed by atoms with Gasteiger partial charge in [0.25, 0.3) is 0 Å². The highest BCUT2D eigenvalue weighted by molar-refractivity contribution is 7.09. The molecule has 1 aromatic rings. The van der Waals surface area contributed by atoms with Crippen LogP contribution in [0.3, 0.4) is 0 Å². The summed E-state index contributed by atoms with van der Waals surface area (Å²) < 4.78 is 0. The topological polar surface area (TPSA) is 45.4 Å². The van der Waals surface area contributed by atoms with Crippen molar-refractivity contribution in [2.75, 3.05) is 33.2 Å². The van der Waals surface area contributed by atoms with Crippen LogP contribution in [0.2, 0.25) is 0 Å². The van der Waals surface area contributed by atoms with E-state index in [0.717, 1.165) is 13.0 Å². The fourth-order valence-corrected chi connectivity index (χ4v) is 3.56. The molecule has 1 aliphatic heterocycles. The summed E-state index contributed by atoms with van der Waals surface area (Å²) >= 11 is 1.75. The highest BCUT2D eigenvalue weighted by Crippen LogP contribution is 2.17. The molecule has 0 saturated carbocycles. The van der Waals surface area contributed by atoms with E-state index in [0.29, 0.717) is 12.6 Å². The van der Waals surface area contributed by atoms with Gasteiger partial charge >= 0.3 is 0 Å². The molecule has 1 aliphatic rings. The van der Waals surface area contributed by atoms with E-state index in [1.54, 1.807) is 11.3 Å². The summed E-state index contributed by atoms with van der Waals surface area (Å²) in [6, 6.07) is 0.659. The molecule has 1 saturated heterocycles. The lowest BCUT2D eigenvalue weighted by Gasteiger charge is -2.29. The van der Waals surface area contributed by atoms with Gasteiger partial charge in [-0.15, -0.1) is 11.3 Å². The minimum atomic E-state index is 0.659. The van der Waals surface area contributed by atoms with Crippen LogP contribution in [0.1, 0.15) is 30.5 Å². The number of hydrogen-bond acceptors (Lipinski definition) is 5. The molecule has 0 spiro atoms. The van der Waals surface area contributed by atoms with Crippen LogP contribution in [-0.4, -0.2) is 54.1 Å². The molecule has 0 bridgehead atoms. The van der Waals surface area contributed by atoms with Gasteiger partial charge in [0.1, 0.15) is 0 Å². The van der Waals surface area contributed by atoms with Crippen LogP contribution in [0.4, 0.5) is 0 Å². The first-order valence-electron chi connectivity index (χ1n) is 7.28. The van der Waals surface area contributed by atoms with Gasteiger partial charge in [0.2, 0.25) is 0 Å². The van der Waals surface area contributed by atoms with Gasteiger partial charge < -0.3 is 10.6 Å². The van der Waals surface area contributed by atoms with E-state index in [1.165, 1.54) is 43.2 Å². The molecule has 2 heterocycles. The Hall–Kier alpha value is -0.490. The maximum Gasteiger partial charge on any atom is 0.0941 e. The molecule has 2 rings (SSSR count). The van der Waals surface area contributed by atoms with Gasteiger partial charge in [-0.25, -0.2) is 4.98 Å². The molecule has 1 aromatic heterocycles. The second-order valence-corrected chi connectivity index (χ2v) is 6.36. The summed E-state index contributed by atoms with van der Waals surface area (Å²) in [5.74, 6) is 0. The van der Waals surface area contributed by atoms with Crippen LogP contribution in [0.15, 0.2) is 5.38 Å². The van der Waals surface area contributed by atoms with Gasteiger partial charge in [-0.1, -0.05) is 6.92 Å². The van der Waals surface area contributed by atoms with E-state index in [1.807, 2.05) is 0 Å². The molecule has 1 unspecified atom stereocenters. The molecule has 1 fully saturated rings. The Morgan fingerprint density at radius 2 is 2.32 bits per heavy atom. The molecular weight excluding hydrogens is 256 g/mol. The average molecular weight is 282 g/mol. The largest absolute Gasteiger partial charge is 0.330 e. The molecule has 4 nitrogen and oxygen atoms in total. The smallest absolute Gasteiger partial charge is 0.0941 e. The van der Waals surface area contributed by atoms with E-state index in [9.17, 15) is 0 Å². The predicted octanol–water partition coefficient (Wildman–Crippen LogP) is 1.56. The molecule has 0 aromatic carbocycles. The third-order valence-electron chi connectivity index (χ3n) is 3.82. The Kier molecular flexibility index (Phi) is 5.76. The van der Waals surface area contributed by atoms with Crippen LogP contribution in [-0.2, 0) is 13.0 Å². The van der Waals surface area contributed by atoms with Crippen LogP contribution in [0.5, 0.6) is 0 Å². The Morgan fingerprint density at radius 3 is 3.05 bits per heavy atom. The summed E-state index contributed by atoms with van der Waals surface area (Å²) in [6.07, 6.45) is 3.38. The lowest BCUT2D eigenvalue weighted by Crippen LogP contribution is -2.39. The molecule has 0 amide bonds. The molecule has 1 atom stereocenters. The van der Waals surface area contributed by atoms with Crippen LogP contribution < -0.4 is 5.73 Å². The third-order valence-corrected chi connectivity index (χ3v) is 4.78. The SMILES string of the molecule is CCC1CN(C)CCCN1Cc1csc(CCN)n1. The maximum atomic E-state index is 5.58. The fraction of sp³-hybridized carbons (Fsp3) is 0.786. The Labute approximate surface area is 120 Å². The molecular formula is C14H26N4S. The minimum Gasteiger partial charge on any atom is -0.330 e. The van der Waals surface area contributed by atoms with Crippen molar-refractivity contribution >= 4 is 11.3 Å². The second kappa shape index (κ2) is 7.33. The zero-order chi connectivity index (χ0) is 13.7. The summed E-state index contributed by atoms with van der Waals surface area (Å²) in [5, 5.41) is 3.38. The molecule has 0 aliphatic carbocycles. The zero-order valence-electron chi connectivity index (χ0n) is 12.1. The number of rotatable bonds is 5. The molecule has 5 heteroatoms. The van der Waals surface area contributed by atoms with Gasteiger partial charge in [-0.2, -0.15) is 0 Å². The molecule has 19 heavy (non-hydrogen) atoms. The molecule has 0 radical (unpaired) electrons. The normalized spacial score (nSPS) is 22.6. The third kappa shape index (κ3) is 4.24. The Bertz CT molecular complexity index is 379. The number of nitrogens with zero attached hydrogens (tertiary/aromatic N) is 3. The van der Waals surface area contributed by atoms with Crippen molar-refractivity contribution < 1.29 is 0 Å². The van der Waals surface area contributed by atoms with Crippen LogP contribution in [0, 0.1) is 0 Å². The first-order valence-corrected chi connectivity index (χ1v) is 8.16. The number of aromatic nitrogens is 1. The van der Waals surface area contributed by atoms with Crippen LogP contribution in [0.25, 0.3) is 0 Å². The summed E-state index contributed by atoms with van der Waals surface area (Å²) in [5.41, 5.74) is 6.80. The van der Waals surface area contributed by atoms with E-state index >= 15 is 0 Å². The van der Waals surface area contributed by atoms with Gasteiger partial charge in [0, 0.05) is 37.5 Å². The Morgan fingerprint density at radius 1 is 1.47 bits per heavy atom. The van der Waals surface area contributed by atoms with Gasteiger partial charge in [-0.05, 0) is 33.0 Å². The number of thiazole rings is 1. The number of hydrogen-bond donors (Lipinski definition) is 1. The van der Waals surface area contributed by atoms with Gasteiger partial charge in [0.05, 0.1) is 10.7 Å². The zero-order valence-corrected chi connectivity index (χ0v) is 13.0. The first kappa shape index (κ1) is 14.9. The summed E-state index contributed by atoms with van der Waals surface area (Å²) in [4.78, 5) is 9.75. The second-order valence-electron chi connectivity index (χ2n) is 5.42. The highest BCUT2D eigenvalue weighted by Gasteiger charge is 2.22. The average Bonchev–Trinajstić information content (AvgIpc) is 2.74. The van der Waals surface area contributed by atoms with Crippen LogP contribution >= 0.6 is 11.3 Å². The summed E-state index contributed by atoms with van der Waals surface area (Å²) in [7, 11) is 2.23.